The topological polar surface area (TPSA) is 91.6 Å². The molecule has 23 heavy (non-hydrogen) atoms. The number of anilines is 1. The highest BCUT2D eigenvalue weighted by atomic mass is 19.1. The number of furan rings is 1. The molecule has 1 aromatic heterocycles. The molecule has 1 unspecified atom stereocenters. The van der Waals surface area contributed by atoms with Crippen molar-refractivity contribution < 1.29 is 23.5 Å². The predicted octanol–water partition coefficient (Wildman–Crippen LogP) is 1.69. The van der Waals surface area contributed by atoms with Gasteiger partial charge in [-0.05, 0) is 43.7 Å². The van der Waals surface area contributed by atoms with Gasteiger partial charge in [0.1, 0.15) is 17.2 Å². The van der Waals surface area contributed by atoms with Gasteiger partial charge in [-0.1, -0.05) is 6.07 Å². The van der Waals surface area contributed by atoms with E-state index in [2.05, 4.69) is 10.6 Å². The molecular formula is C16H17FN2O4. The number of amides is 2. The van der Waals surface area contributed by atoms with Crippen molar-refractivity contribution >= 4 is 17.5 Å². The second-order valence-electron chi connectivity index (χ2n) is 5.35. The molecule has 2 amide bonds. The number of aliphatic hydroxyl groups is 1. The van der Waals surface area contributed by atoms with E-state index < -0.39 is 23.2 Å². The molecule has 0 saturated carbocycles. The first-order valence-corrected chi connectivity index (χ1v) is 6.91. The molecule has 3 N–H and O–H groups in total. The maximum Gasteiger partial charge on any atom is 0.313 e. The minimum Gasteiger partial charge on any atom is -0.466 e. The van der Waals surface area contributed by atoms with E-state index in [-0.39, 0.29) is 18.0 Å². The summed E-state index contributed by atoms with van der Waals surface area (Å²) in [6.07, 6.45) is 1.39. The Morgan fingerprint density at radius 1 is 1.30 bits per heavy atom. The van der Waals surface area contributed by atoms with Crippen LogP contribution in [0.5, 0.6) is 0 Å². The van der Waals surface area contributed by atoms with Gasteiger partial charge < -0.3 is 20.2 Å². The number of hydrogen-bond acceptors (Lipinski definition) is 4. The van der Waals surface area contributed by atoms with E-state index in [4.69, 9.17) is 4.42 Å². The van der Waals surface area contributed by atoms with Gasteiger partial charge >= 0.3 is 11.8 Å². The molecule has 0 aliphatic heterocycles. The van der Waals surface area contributed by atoms with Crippen molar-refractivity contribution in [2.75, 3.05) is 11.9 Å². The van der Waals surface area contributed by atoms with Gasteiger partial charge in [0.25, 0.3) is 0 Å². The molecule has 1 aromatic carbocycles. The average Bonchev–Trinajstić information content (AvgIpc) is 3.04. The monoisotopic (exact) mass is 320 g/mol. The van der Waals surface area contributed by atoms with E-state index in [1.54, 1.807) is 19.1 Å². The molecule has 2 aromatic rings. The summed E-state index contributed by atoms with van der Waals surface area (Å²) in [6.45, 7) is 2.82. The van der Waals surface area contributed by atoms with Crippen molar-refractivity contribution in [3.63, 3.8) is 0 Å². The van der Waals surface area contributed by atoms with Crippen LogP contribution in [-0.4, -0.2) is 23.5 Å². The standard InChI is InChI=1S/C16H17FN2O4/c1-10-5-6-11(8-12(10)17)19-15(21)14(20)18-9-16(2,22)13-4-3-7-23-13/h3-8,22H,9H2,1-2H3,(H,18,20)(H,19,21). The van der Waals surface area contributed by atoms with Crippen LogP contribution in [0.1, 0.15) is 18.2 Å². The molecule has 6 nitrogen and oxygen atoms in total. The Hall–Kier alpha value is -2.67. The molecule has 0 aliphatic rings. The van der Waals surface area contributed by atoms with E-state index in [0.29, 0.717) is 5.56 Å². The Morgan fingerprint density at radius 2 is 2.04 bits per heavy atom. The van der Waals surface area contributed by atoms with Crippen LogP contribution < -0.4 is 10.6 Å². The zero-order valence-electron chi connectivity index (χ0n) is 12.7. The van der Waals surface area contributed by atoms with E-state index in [0.717, 1.165) is 6.07 Å². The Bertz CT molecular complexity index is 711. The highest BCUT2D eigenvalue weighted by molar-refractivity contribution is 6.39. The lowest BCUT2D eigenvalue weighted by molar-refractivity contribution is -0.136. The molecule has 1 heterocycles. The predicted molar refractivity (Wildman–Crippen MR) is 81.1 cm³/mol. The normalized spacial score (nSPS) is 13.2. The maximum atomic E-state index is 13.4. The number of aryl methyl sites for hydroxylation is 1. The molecule has 0 fully saturated rings. The molecular weight excluding hydrogens is 303 g/mol. The second-order valence-corrected chi connectivity index (χ2v) is 5.35. The summed E-state index contributed by atoms with van der Waals surface area (Å²) >= 11 is 0. The third-order valence-electron chi connectivity index (χ3n) is 3.28. The second kappa shape index (κ2) is 6.62. The first-order valence-electron chi connectivity index (χ1n) is 6.91. The van der Waals surface area contributed by atoms with Crippen LogP contribution in [0.25, 0.3) is 0 Å². The zero-order valence-corrected chi connectivity index (χ0v) is 12.7. The Labute approximate surface area is 132 Å². The molecule has 122 valence electrons. The van der Waals surface area contributed by atoms with Crippen molar-refractivity contribution in [3.8, 4) is 0 Å². The zero-order chi connectivity index (χ0) is 17.0. The van der Waals surface area contributed by atoms with Crippen molar-refractivity contribution in [1.82, 2.24) is 5.32 Å². The number of benzene rings is 1. The van der Waals surface area contributed by atoms with E-state index in [1.807, 2.05) is 0 Å². The lowest BCUT2D eigenvalue weighted by Gasteiger charge is -2.20. The summed E-state index contributed by atoms with van der Waals surface area (Å²) in [6, 6.07) is 7.26. The maximum absolute atomic E-state index is 13.4. The first-order chi connectivity index (χ1) is 10.8. The Balaban J connectivity index is 1.92. The Kier molecular flexibility index (Phi) is 4.80. The Morgan fingerprint density at radius 3 is 2.65 bits per heavy atom. The largest absolute Gasteiger partial charge is 0.466 e. The number of carbonyl (C=O) groups is 2. The van der Waals surface area contributed by atoms with Crippen LogP contribution in [0.15, 0.2) is 41.0 Å². The van der Waals surface area contributed by atoms with Gasteiger partial charge in [-0.15, -0.1) is 0 Å². The van der Waals surface area contributed by atoms with Gasteiger partial charge in [0.2, 0.25) is 0 Å². The number of rotatable bonds is 4. The SMILES string of the molecule is Cc1ccc(NC(=O)C(=O)NCC(C)(O)c2ccco2)cc1F. The van der Waals surface area contributed by atoms with Gasteiger partial charge in [-0.2, -0.15) is 0 Å². The van der Waals surface area contributed by atoms with E-state index >= 15 is 0 Å². The van der Waals surface area contributed by atoms with Gasteiger partial charge in [0.15, 0.2) is 0 Å². The summed E-state index contributed by atoms with van der Waals surface area (Å²) in [7, 11) is 0. The van der Waals surface area contributed by atoms with Crippen molar-refractivity contribution in [2.45, 2.75) is 19.4 Å². The summed E-state index contributed by atoms with van der Waals surface area (Å²) in [4.78, 5) is 23.5. The number of halogens is 1. The number of nitrogens with one attached hydrogen (secondary N) is 2. The fraction of sp³-hybridized carbons (Fsp3) is 0.250. The van der Waals surface area contributed by atoms with Crippen molar-refractivity contribution in [3.05, 3.63) is 53.7 Å². The average molecular weight is 320 g/mol. The fourth-order valence-electron chi connectivity index (χ4n) is 1.86. The third-order valence-corrected chi connectivity index (χ3v) is 3.28. The van der Waals surface area contributed by atoms with Crippen molar-refractivity contribution in [2.24, 2.45) is 0 Å². The fourth-order valence-corrected chi connectivity index (χ4v) is 1.86. The molecule has 0 aliphatic carbocycles. The van der Waals surface area contributed by atoms with Gasteiger partial charge in [0, 0.05) is 5.69 Å². The summed E-state index contributed by atoms with van der Waals surface area (Å²) < 4.78 is 18.5. The molecule has 0 spiro atoms. The quantitative estimate of drug-likeness (QED) is 0.748. The van der Waals surface area contributed by atoms with Gasteiger partial charge in [0.05, 0.1) is 12.8 Å². The lowest BCUT2D eigenvalue weighted by Crippen LogP contribution is -2.43. The summed E-state index contributed by atoms with van der Waals surface area (Å²) in [5, 5.41) is 14.8. The molecule has 2 rings (SSSR count). The van der Waals surface area contributed by atoms with Crippen molar-refractivity contribution in [1.29, 1.82) is 0 Å². The minimum absolute atomic E-state index is 0.172. The number of hydrogen-bond donors (Lipinski definition) is 3. The third kappa shape index (κ3) is 4.17. The smallest absolute Gasteiger partial charge is 0.313 e. The molecule has 0 saturated heterocycles. The van der Waals surface area contributed by atoms with Gasteiger partial charge in [-0.3, -0.25) is 9.59 Å². The lowest BCUT2D eigenvalue weighted by atomic mass is 10.0. The van der Waals surface area contributed by atoms with Crippen LogP contribution in [0.2, 0.25) is 0 Å². The van der Waals surface area contributed by atoms with Crippen LogP contribution >= 0.6 is 0 Å². The van der Waals surface area contributed by atoms with Crippen LogP contribution in [-0.2, 0) is 15.2 Å². The summed E-state index contributed by atoms with van der Waals surface area (Å²) in [5.41, 5.74) is -0.844. The van der Waals surface area contributed by atoms with Crippen LogP contribution in [0, 0.1) is 12.7 Å². The van der Waals surface area contributed by atoms with Crippen LogP contribution in [0.3, 0.4) is 0 Å². The first kappa shape index (κ1) is 16.7. The van der Waals surface area contributed by atoms with E-state index in [9.17, 15) is 19.1 Å². The van der Waals surface area contributed by atoms with Crippen LogP contribution in [0.4, 0.5) is 10.1 Å². The summed E-state index contributed by atoms with van der Waals surface area (Å²) in [5.74, 6) is -2.12. The highest BCUT2D eigenvalue weighted by Gasteiger charge is 2.28. The minimum atomic E-state index is -1.45. The van der Waals surface area contributed by atoms with Gasteiger partial charge in [-0.25, -0.2) is 4.39 Å². The molecule has 0 bridgehead atoms. The molecule has 1 atom stereocenters. The molecule has 0 radical (unpaired) electrons. The highest BCUT2D eigenvalue weighted by Crippen LogP contribution is 2.19. The van der Waals surface area contributed by atoms with E-state index in [1.165, 1.54) is 25.3 Å². The number of carbonyl (C=O) groups excluding carboxylic acids is 2. The molecule has 7 heteroatoms.